The van der Waals surface area contributed by atoms with Gasteiger partial charge in [0.15, 0.2) is 0 Å². The smallest absolute Gasteiger partial charge is 0.207 e. The lowest BCUT2D eigenvalue weighted by Gasteiger charge is -2.10. The Balaban J connectivity index is 1.92. The molecule has 4 rings (SSSR count). The van der Waals surface area contributed by atoms with Gasteiger partial charge in [-0.05, 0) is 54.4 Å². The molecule has 0 saturated heterocycles. The summed E-state index contributed by atoms with van der Waals surface area (Å²) in [6.07, 6.45) is 2.97. The van der Waals surface area contributed by atoms with Crippen molar-refractivity contribution in [2.45, 2.75) is 6.92 Å². The fourth-order valence-electron chi connectivity index (χ4n) is 2.91. The van der Waals surface area contributed by atoms with Crippen LogP contribution in [-0.4, -0.2) is 15.2 Å². The first-order valence-electron chi connectivity index (χ1n) is 7.83. The number of hydrogen-bond donors (Lipinski definition) is 1. The molecule has 2 aromatic carbocycles. The predicted octanol–water partition coefficient (Wildman–Crippen LogP) is 4.10. The summed E-state index contributed by atoms with van der Waals surface area (Å²) in [6.45, 7) is 1.73. The van der Waals surface area contributed by atoms with Gasteiger partial charge in [0, 0.05) is 22.7 Å². The maximum Gasteiger partial charge on any atom is 0.207 e. The van der Waals surface area contributed by atoms with Gasteiger partial charge in [0.2, 0.25) is 5.43 Å². The summed E-state index contributed by atoms with van der Waals surface area (Å²) in [7, 11) is 0. The molecular formula is C20H14FN3O. The molecule has 0 spiro atoms. The average Bonchev–Trinajstić information content (AvgIpc) is 2.64. The number of hydrogen-bond acceptors (Lipinski definition) is 3. The summed E-state index contributed by atoms with van der Waals surface area (Å²) in [5.41, 5.74) is 4.52. The van der Waals surface area contributed by atoms with Gasteiger partial charge in [0.25, 0.3) is 0 Å². The second-order valence-corrected chi connectivity index (χ2v) is 5.86. The molecule has 2 aromatic heterocycles. The first-order chi connectivity index (χ1) is 12.1. The number of fused-ring (bicyclic) bond motifs is 1. The second-order valence-electron chi connectivity index (χ2n) is 5.86. The normalized spacial score (nSPS) is 11.0. The molecule has 4 aromatic rings. The minimum Gasteiger partial charge on any atom is -0.287 e. The number of halogens is 1. The van der Waals surface area contributed by atoms with Gasteiger partial charge in [-0.25, -0.2) is 4.39 Å². The topological polar surface area (TPSA) is 58.6 Å². The van der Waals surface area contributed by atoms with Gasteiger partial charge in [-0.1, -0.05) is 12.1 Å². The Hall–Kier alpha value is -3.34. The average molecular weight is 331 g/mol. The lowest BCUT2D eigenvalue weighted by Crippen LogP contribution is -2.02. The number of aryl methyl sites for hydroxylation is 1. The van der Waals surface area contributed by atoms with Crippen molar-refractivity contribution in [1.29, 1.82) is 0 Å². The second kappa shape index (κ2) is 5.94. The first-order valence-corrected chi connectivity index (χ1v) is 7.83. The van der Waals surface area contributed by atoms with Gasteiger partial charge in [-0.2, -0.15) is 5.10 Å². The number of nitrogens with one attached hydrogen (secondary N) is 1. The highest BCUT2D eigenvalue weighted by atomic mass is 19.1. The van der Waals surface area contributed by atoms with E-state index in [0.717, 1.165) is 22.4 Å². The molecule has 122 valence electrons. The maximum atomic E-state index is 13.6. The number of benzene rings is 2. The monoisotopic (exact) mass is 331 g/mol. The van der Waals surface area contributed by atoms with Crippen LogP contribution in [0.15, 0.2) is 65.7 Å². The van der Waals surface area contributed by atoms with Crippen LogP contribution in [0.5, 0.6) is 0 Å². The minimum absolute atomic E-state index is 0.124. The van der Waals surface area contributed by atoms with Crippen molar-refractivity contribution < 1.29 is 4.39 Å². The van der Waals surface area contributed by atoms with Crippen molar-refractivity contribution in [2.75, 3.05) is 0 Å². The SMILES string of the molecule is Cc1cc(-c2ncccc2-c2ccc3c(=O)cn[nH]c3c2)ccc1F. The number of aromatic nitrogens is 3. The van der Waals surface area contributed by atoms with Crippen molar-refractivity contribution in [2.24, 2.45) is 0 Å². The number of H-pyrrole nitrogens is 1. The van der Waals surface area contributed by atoms with E-state index in [2.05, 4.69) is 15.2 Å². The molecule has 0 amide bonds. The number of pyridine rings is 1. The zero-order chi connectivity index (χ0) is 17.4. The molecule has 0 radical (unpaired) electrons. The molecule has 0 fully saturated rings. The molecule has 0 aliphatic rings. The molecule has 5 heteroatoms. The number of aromatic amines is 1. The molecule has 0 aliphatic carbocycles. The van der Waals surface area contributed by atoms with Crippen molar-refractivity contribution in [3.8, 4) is 22.4 Å². The van der Waals surface area contributed by atoms with Crippen LogP contribution in [0.1, 0.15) is 5.56 Å². The van der Waals surface area contributed by atoms with Crippen LogP contribution in [-0.2, 0) is 0 Å². The summed E-state index contributed by atoms with van der Waals surface area (Å²) < 4.78 is 13.6. The zero-order valence-electron chi connectivity index (χ0n) is 13.5. The third kappa shape index (κ3) is 2.70. The van der Waals surface area contributed by atoms with Crippen LogP contribution in [0.3, 0.4) is 0 Å². The third-order valence-electron chi connectivity index (χ3n) is 4.20. The van der Waals surface area contributed by atoms with Gasteiger partial charge < -0.3 is 0 Å². The fourth-order valence-corrected chi connectivity index (χ4v) is 2.91. The van der Waals surface area contributed by atoms with Gasteiger partial charge in [-0.3, -0.25) is 14.9 Å². The number of rotatable bonds is 2. The van der Waals surface area contributed by atoms with E-state index in [1.165, 1.54) is 12.3 Å². The summed E-state index contributed by atoms with van der Waals surface area (Å²) in [6, 6.07) is 14.3. The molecule has 25 heavy (non-hydrogen) atoms. The molecule has 0 atom stereocenters. The highest BCUT2D eigenvalue weighted by Crippen LogP contribution is 2.31. The van der Waals surface area contributed by atoms with Crippen molar-refractivity contribution in [1.82, 2.24) is 15.2 Å². The Morgan fingerprint density at radius 3 is 2.72 bits per heavy atom. The van der Waals surface area contributed by atoms with Crippen LogP contribution in [0, 0.1) is 12.7 Å². The molecule has 0 aliphatic heterocycles. The Kier molecular flexibility index (Phi) is 3.61. The van der Waals surface area contributed by atoms with E-state index in [-0.39, 0.29) is 11.2 Å². The summed E-state index contributed by atoms with van der Waals surface area (Å²) in [5.74, 6) is -0.240. The lowest BCUT2D eigenvalue weighted by molar-refractivity contribution is 0.619. The van der Waals surface area contributed by atoms with E-state index in [1.54, 1.807) is 31.3 Å². The van der Waals surface area contributed by atoms with Crippen LogP contribution in [0.4, 0.5) is 4.39 Å². The van der Waals surface area contributed by atoms with E-state index in [0.29, 0.717) is 16.5 Å². The zero-order valence-corrected chi connectivity index (χ0v) is 13.5. The van der Waals surface area contributed by atoms with Crippen LogP contribution in [0.2, 0.25) is 0 Å². The summed E-state index contributed by atoms with van der Waals surface area (Å²) in [4.78, 5) is 16.3. The lowest BCUT2D eigenvalue weighted by atomic mass is 9.97. The van der Waals surface area contributed by atoms with E-state index in [4.69, 9.17) is 0 Å². The quantitative estimate of drug-likeness (QED) is 0.601. The maximum absolute atomic E-state index is 13.6. The predicted molar refractivity (Wildman–Crippen MR) is 95.7 cm³/mol. The molecule has 1 N–H and O–H groups in total. The molecule has 4 nitrogen and oxygen atoms in total. The molecule has 2 heterocycles. The van der Waals surface area contributed by atoms with Gasteiger partial charge in [0.05, 0.1) is 17.4 Å². The number of nitrogens with zero attached hydrogens (tertiary/aromatic N) is 2. The Bertz CT molecular complexity index is 1150. The Morgan fingerprint density at radius 1 is 1.04 bits per heavy atom. The van der Waals surface area contributed by atoms with Crippen molar-refractivity contribution in [3.63, 3.8) is 0 Å². The van der Waals surface area contributed by atoms with Crippen molar-refractivity contribution in [3.05, 3.63) is 82.5 Å². The molecule has 0 saturated carbocycles. The Labute approximate surface area is 143 Å². The standard InChI is InChI=1S/C20H14FN3O/c1-12-9-14(5-7-17(12)21)20-15(3-2-8-22-20)13-4-6-16-18(10-13)24-23-11-19(16)25/h2-11H,1H3,(H,24,25). The van der Waals surface area contributed by atoms with Crippen LogP contribution < -0.4 is 5.43 Å². The Morgan fingerprint density at radius 2 is 1.88 bits per heavy atom. The minimum atomic E-state index is -0.240. The largest absolute Gasteiger partial charge is 0.287 e. The van der Waals surface area contributed by atoms with Crippen LogP contribution >= 0.6 is 0 Å². The van der Waals surface area contributed by atoms with E-state index in [1.807, 2.05) is 24.3 Å². The fraction of sp³-hybridized carbons (Fsp3) is 0.0500. The third-order valence-corrected chi connectivity index (χ3v) is 4.20. The van der Waals surface area contributed by atoms with E-state index < -0.39 is 0 Å². The molecule has 0 unspecified atom stereocenters. The highest BCUT2D eigenvalue weighted by molar-refractivity contribution is 5.87. The van der Waals surface area contributed by atoms with E-state index >= 15 is 0 Å². The summed E-state index contributed by atoms with van der Waals surface area (Å²) in [5, 5.41) is 7.30. The molecule has 0 bridgehead atoms. The van der Waals surface area contributed by atoms with Gasteiger partial charge in [0.1, 0.15) is 5.82 Å². The van der Waals surface area contributed by atoms with Crippen molar-refractivity contribution >= 4 is 10.9 Å². The van der Waals surface area contributed by atoms with Gasteiger partial charge >= 0.3 is 0 Å². The molecular weight excluding hydrogens is 317 g/mol. The summed E-state index contributed by atoms with van der Waals surface area (Å²) >= 11 is 0. The highest BCUT2D eigenvalue weighted by Gasteiger charge is 2.11. The van der Waals surface area contributed by atoms with Gasteiger partial charge in [-0.15, -0.1) is 0 Å². The van der Waals surface area contributed by atoms with Crippen LogP contribution in [0.25, 0.3) is 33.3 Å². The van der Waals surface area contributed by atoms with E-state index in [9.17, 15) is 9.18 Å². The first kappa shape index (κ1) is 15.2.